The van der Waals surface area contributed by atoms with Gasteiger partial charge in [0, 0.05) is 12.5 Å². The molecule has 0 aromatic heterocycles. The summed E-state index contributed by atoms with van der Waals surface area (Å²) in [5.74, 6) is -2.13. The Morgan fingerprint density at radius 1 is 1.12 bits per heavy atom. The second kappa shape index (κ2) is 7.71. The van der Waals surface area contributed by atoms with E-state index < -0.39 is 33.7 Å². The van der Waals surface area contributed by atoms with Crippen molar-refractivity contribution in [1.29, 1.82) is 0 Å². The molecule has 1 unspecified atom stereocenters. The van der Waals surface area contributed by atoms with Crippen LogP contribution >= 0.6 is 0 Å². The molecule has 0 aliphatic carbocycles. The summed E-state index contributed by atoms with van der Waals surface area (Å²) in [6.45, 7) is 1.46. The van der Waals surface area contributed by atoms with Crippen LogP contribution in [0.1, 0.15) is 30.0 Å². The topological polar surface area (TPSA) is 83.5 Å². The average Bonchev–Trinajstić information content (AvgIpc) is 2.51. The van der Waals surface area contributed by atoms with Gasteiger partial charge in [0.05, 0.1) is 4.90 Å². The van der Waals surface area contributed by atoms with Crippen molar-refractivity contribution in [3.63, 3.8) is 0 Å². The summed E-state index contributed by atoms with van der Waals surface area (Å²) in [5.41, 5.74) is 0.662. The molecule has 134 valence electrons. The van der Waals surface area contributed by atoms with E-state index in [9.17, 15) is 22.0 Å². The van der Waals surface area contributed by atoms with Crippen molar-refractivity contribution in [3.8, 4) is 0 Å². The van der Waals surface area contributed by atoms with Gasteiger partial charge in [-0.15, -0.1) is 0 Å². The molecule has 25 heavy (non-hydrogen) atoms. The lowest BCUT2D eigenvalue weighted by Gasteiger charge is -2.19. The number of carboxylic acids is 1. The Balaban J connectivity index is 2.33. The molecule has 2 aromatic rings. The van der Waals surface area contributed by atoms with Gasteiger partial charge in [0.2, 0.25) is 10.0 Å². The van der Waals surface area contributed by atoms with Crippen LogP contribution in [0.15, 0.2) is 47.4 Å². The molecule has 2 rings (SSSR count). The van der Waals surface area contributed by atoms with E-state index in [1.165, 1.54) is 31.2 Å². The highest BCUT2D eigenvalue weighted by Gasteiger charge is 2.23. The number of hydrogen-bond donors (Lipinski definition) is 2. The van der Waals surface area contributed by atoms with Gasteiger partial charge in [-0.25, -0.2) is 21.9 Å². The Hall–Kier alpha value is -2.32. The van der Waals surface area contributed by atoms with Crippen molar-refractivity contribution in [3.05, 3.63) is 65.2 Å². The van der Waals surface area contributed by atoms with E-state index in [0.29, 0.717) is 5.56 Å². The van der Waals surface area contributed by atoms with Crippen molar-refractivity contribution < 1.29 is 27.1 Å². The molecule has 0 amide bonds. The van der Waals surface area contributed by atoms with E-state index in [-0.39, 0.29) is 23.3 Å². The fourth-order valence-corrected chi connectivity index (χ4v) is 3.91. The predicted molar refractivity (Wildman–Crippen MR) is 87.5 cm³/mol. The molecule has 0 heterocycles. The van der Waals surface area contributed by atoms with Gasteiger partial charge in [0.25, 0.3) is 0 Å². The number of aliphatic carboxylic acids is 1. The number of carboxylic acid groups (broad SMARTS) is 1. The summed E-state index contributed by atoms with van der Waals surface area (Å²) in [6, 6.07) is 7.53. The summed E-state index contributed by atoms with van der Waals surface area (Å²) in [4.78, 5) is 10.7. The summed E-state index contributed by atoms with van der Waals surface area (Å²) in [5, 5.41) is 8.86. The fourth-order valence-electron chi connectivity index (χ4n) is 2.42. The number of nitrogens with one attached hydrogen (secondary N) is 1. The van der Waals surface area contributed by atoms with E-state index in [1.54, 1.807) is 0 Å². The minimum Gasteiger partial charge on any atom is -0.481 e. The van der Waals surface area contributed by atoms with E-state index in [0.717, 1.165) is 18.2 Å². The maximum atomic E-state index is 13.2. The normalized spacial score (nSPS) is 12.8. The number of halogens is 2. The van der Waals surface area contributed by atoms with Gasteiger partial charge in [-0.3, -0.25) is 4.79 Å². The van der Waals surface area contributed by atoms with E-state index in [4.69, 9.17) is 5.11 Å². The molecule has 0 saturated carbocycles. The Morgan fingerprint density at radius 3 is 2.28 bits per heavy atom. The highest BCUT2D eigenvalue weighted by molar-refractivity contribution is 7.89. The standard InChI is InChI=1S/C17H17F2NO4S/c1-11-10-14(19)6-8-16(11)25(23,24)20-15(7-9-17(21)22)12-2-4-13(18)5-3-12/h2-6,8,10,15,20H,7,9H2,1H3,(H,21,22). The first-order chi connectivity index (χ1) is 11.7. The van der Waals surface area contributed by atoms with Crippen LogP contribution in [0.3, 0.4) is 0 Å². The largest absolute Gasteiger partial charge is 0.481 e. The van der Waals surface area contributed by atoms with Crippen LogP contribution in [-0.2, 0) is 14.8 Å². The van der Waals surface area contributed by atoms with Crippen LogP contribution in [0.5, 0.6) is 0 Å². The molecule has 5 nitrogen and oxygen atoms in total. The van der Waals surface area contributed by atoms with Gasteiger partial charge >= 0.3 is 5.97 Å². The Morgan fingerprint density at radius 2 is 1.72 bits per heavy atom. The van der Waals surface area contributed by atoms with Crippen LogP contribution in [0, 0.1) is 18.6 Å². The number of aryl methyl sites for hydroxylation is 1. The van der Waals surface area contributed by atoms with Gasteiger partial charge < -0.3 is 5.11 Å². The first-order valence-electron chi connectivity index (χ1n) is 7.45. The lowest BCUT2D eigenvalue weighted by molar-refractivity contribution is -0.137. The van der Waals surface area contributed by atoms with Crippen molar-refractivity contribution in [1.82, 2.24) is 4.72 Å². The molecule has 2 aromatic carbocycles. The Labute approximate surface area is 144 Å². The third-order valence-electron chi connectivity index (χ3n) is 3.64. The Kier molecular flexibility index (Phi) is 5.86. The molecule has 1 atom stereocenters. The van der Waals surface area contributed by atoms with Gasteiger partial charge in [0.1, 0.15) is 11.6 Å². The fraction of sp³-hybridized carbons (Fsp3) is 0.235. The van der Waals surface area contributed by atoms with E-state index in [2.05, 4.69) is 4.72 Å². The van der Waals surface area contributed by atoms with Crippen molar-refractivity contribution in [2.45, 2.75) is 30.7 Å². The molecule has 0 radical (unpaired) electrons. The highest BCUT2D eigenvalue weighted by atomic mass is 32.2. The van der Waals surface area contributed by atoms with Crippen molar-refractivity contribution in [2.75, 3.05) is 0 Å². The maximum Gasteiger partial charge on any atom is 0.303 e. The maximum absolute atomic E-state index is 13.2. The zero-order chi connectivity index (χ0) is 18.6. The monoisotopic (exact) mass is 369 g/mol. The van der Waals surface area contributed by atoms with Gasteiger partial charge in [-0.05, 0) is 54.8 Å². The molecular weight excluding hydrogens is 352 g/mol. The molecule has 0 spiro atoms. The minimum absolute atomic E-state index is 0.0135. The highest BCUT2D eigenvalue weighted by Crippen LogP contribution is 2.24. The summed E-state index contributed by atoms with van der Waals surface area (Å²) >= 11 is 0. The third kappa shape index (κ3) is 5.07. The molecule has 8 heteroatoms. The van der Waals surface area contributed by atoms with Crippen LogP contribution in [0.25, 0.3) is 0 Å². The third-order valence-corrected chi connectivity index (χ3v) is 5.28. The lowest BCUT2D eigenvalue weighted by atomic mass is 10.0. The van der Waals surface area contributed by atoms with E-state index in [1.807, 2.05) is 0 Å². The predicted octanol–water partition coefficient (Wildman–Crippen LogP) is 3.16. The van der Waals surface area contributed by atoms with Crippen molar-refractivity contribution >= 4 is 16.0 Å². The van der Waals surface area contributed by atoms with Crippen LogP contribution < -0.4 is 4.72 Å². The number of benzene rings is 2. The van der Waals surface area contributed by atoms with Gasteiger partial charge in [-0.2, -0.15) is 0 Å². The van der Waals surface area contributed by atoms with Crippen LogP contribution in [-0.4, -0.2) is 19.5 Å². The van der Waals surface area contributed by atoms with Gasteiger partial charge in [-0.1, -0.05) is 12.1 Å². The number of carbonyl (C=O) groups is 1. The lowest BCUT2D eigenvalue weighted by Crippen LogP contribution is -2.29. The number of sulfonamides is 1. The SMILES string of the molecule is Cc1cc(F)ccc1S(=O)(=O)NC(CCC(=O)O)c1ccc(F)cc1. The smallest absolute Gasteiger partial charge is 0.303 e. The number of rotatable bonds is 7. The van der Waals surface area contributed by atoms with Crippen molar-refractivity contribution in [2.24, 2.45) is 0 Å². The summed E-state index contributed by atoms with van der Waals surface area (Å²) in [7, 11) is -4.02. The Bertz CT molecular complexity index is 867. The zero-order valence-corrected chi connectivity index (χ0v) is 14.2. The quantitative estimate of drug-likeness (QED) is 0.785. The molecule has 2 N–H and O–H groups in total. The first-order valence-corrected chi connectivity index (χ1v) is 8.93. The number of hydrogen-bond acceptors (Lipinski definition) is 3. The molecular formula is C17H17F2NO4S. The first kappa shape index (κ1) is 19.0. The molecule has 0 aliphatic heterocycles. The van der Waals surface area contributed by atoms with E-state index >= 15 is 0 Å². The summed E-state index contributed by atoms with van der Waals surface area (Å²) < 4.78 is 53.9. The molecule has 0 fully saturated rings. The average molecular weight is 369 g/mol. The summed E-state index contributed by atoms with van der Waals surface area (Å²) in [6.07, 6.45) is -0.284. The zero-order valence-electron chi connectivity index (χ0n) is 13.4. The second-order valence-corrected chi connectivity index (χ2v) is 7.25. The molecule has 0 bridgehead atoms. The molecule has 0 aliphatic rings. The van der Waals surface area contributed by atoms with Crippen LogP contribution in [0.4, 0.5) is 8.78 Å². The van der Waals surface area contributed by atoms with Crippen LogP contribution in [0.2, 0.25) is 0 Å². The van der Waals surface area contributed by atoms with Gasteiger partial charge in [0.15, 0.2) is 0 Å². The minimum atomic E-state index is -4.02. The molecule has 0 saturated heterocycles. The second-order valence-electron chi connectivity index (χ2n) is 5.57.